The minimum absolute atomic E-state index is 0.165. The maximum Gasteiger partial charge on any atom is 0.359 e. The van der Waals surface area contributed by atoms with Crippen molar-refractivity contribution in [3.63, 3.8) is 0 Å². The van der Waals surface area contributed by atoms with Crippen LogP contribution in [-0.2, 0) is 11.4 Å². The molecule has 3 heterocycles. The van der Waals surface area contributed by atoms with Crippen molar-refractivity contribution in [2.75, 3.05) is 5.73 Å². The number of anilines is 1. The summed E-state index contributed by atoms with van der Waals surface area (Å²) in [5, 5.41) is 43.6. The molecule has 0 aliphatic carbocycles. The Bertz CT molecular complexity index is 1730. The standard InChI is InChI=1S/C15H13FN8O.C10H9FN2O3/c1-8-11(22-24(21-8)10-4-2-9(16)3-5-10)7-25-12-6-13(17)18-15-14(12)19-23-20-15;1-6(14)9(10(15)16)13-12-8-4-2-7(11)3-5-8/h2-6H,7H2,1H3,(H3,17,18,19,20,23);2-5,14H,1H3,(H,15,16). The van der Waals surface area contributed by atoms with Crippen molar-refractivity contribution in [1.82, 2.24) is 35.4 Å². The summed E-state index contributed by atoms with van der Waals surface area (Å²) in [6.07, 6.45) is 0. The second-order valence-corrected chi connectivity index (χ2v) is 8.24. The fourth-order valence-electron chi connectivity index (χ4n) is 3.20. The monoisotopic (exact) mass is 564 g/mol. The van der Waals surface area contributed by atoms with Gasteiger partial charge in [0.25, 0.3) is 0 Å². The van der Waals surface area contributed by atoms with E-state index in [4.69, 9.17) is 20.7 Å². The number of nitrogens with one attached hydrogen (secondary N) is 1. The highest BCUT2D eigenvalue weighted by molar-refractivity contribution is 5.86. The quantitative estimate of drug-likeness (QED) is 0.125. The van der Waals surface area contributed by atoms with Gasteiger partial charge >= 0.3 is 5.97 Å². The number of nitrogens with two attached hydrogens (primary N) is 1. The van der Waals surface area contributed by atoms with Crippen LogP contribution in [0.5, 0.6) is 5.75 Å². The van der Waals surface area contributed by atoms with Crippen LogP contribution in [0.25, 0.3) is 16.9 Å². The van der Waals surface area contributed by atoms with Crippen LogP contribution in [0.3, 0.4) is 0 Å². The Morgan fingerprint density at radius 1 is 1.05 bits per heavy atom. The number of aliphatic hydroxyl groups is 1. The summed E-state index contributed by atoms with van der Waals surface area (Å²) in [5.74, 6) is -1.84. The average Bonchev–Trinajstić information content (AvgIpc) is 3.55. The van der Waals surface area contributed by atoms with Gasteiger partial charge in [-0.2, -0.15) is 25.3 Å². The number of aliphatic hydroxyl groups excluding tert-OH is 1. The number of aliphatic carboxylic acids is 1. The lowest BCUT2D eigenvalue weighted by atomic mass is 10.3. The lowest BCUT2D eigenvalue weighted by Gasteiger charge is -2.05. The molecular weight excluding hydrogens is 542 g/mol. The van der Waals surface area contributed by atoms with Crippen LogP contribution in [0.15, 0.2) is 76.3 Å². The number of fused-ring (bicyclic) bond motifs is 1. The van der Waals surface area contributed by atoms with Crippen molar-refractivity contribution in [1.29, 1.82) is 0 Å². The largest absolute Gasteiger partial charge is 0.510 e. The SMILES string of the molecule is CC(O)=C(N=Nc1ccc(F)cc1)C(=O)O.Cc1nn(-c2ccc(F)cc2)nc1COc1cc(N)nc2n[nH]nc12. The van der Waals surface area contributed by atoms with E-state index in [0.29, 0.717) is 39.7 Å². The van der Waals surface area contributed by atoms with E-state index in [-0.39, 0.29) is 18.2 Å². The lowest BCUT2D eigenvalue weighted by molar-refractivity contribution is -0.132. The number of carbonyl (C=O) groups is 1. The van der Waals surface area contributed by atoms with Crippen LogP contribution < -0.4 is 10.5 Å². The van der Waals surface area contributed by atoms with Gasteiger partial charge in [0.1, 0.15) is 35.5 Å². The maximum absolute atomic E-state index is 13.0. The number of aromatic nitrogens is 7. The number of benzene rings is 2. The molecular formula is C25H22F2N10O4. The van der Waals surface area contributed by atoms with E-state index in [0.717, 1.165) is 0 Å². The first-order chi connectivity index (χ1) is 19.6. The fourth-order valence-corrected chi connectivity index (χ4v) is 3.20. The number of pyridine rings is 1. The van der Waals surface area contributed by atoms with Crippen molar-refractivity contribution >= 4 is 28.6 Å². The molecule has 5 rings (SSSR count). The third kappa shape index (κ3) is 7.20. The molecule has 0 aliphatic rings. The Labute approximate surface area is 229 Å². The molecule has 0 fully saturated rings. The number of carboxylic acids is 1. The third-order valence-corrected chi connectivity index (χ3v) is 5.21. The van der Waals surface area contributed by atoms with Gasteiger partial charge in [-0.05, 0) is 62.4 Å². The van der Waals surface area contributed by atoms with E-state index >= 15 is 0 Å². The molecule has 2 aromatic carbocycles. The summed E-state index contributed by atoms with van der Waals surface area (Å²) in [7, 11) is 0. The first kappa shape index (κ1) is 28.2. The number of nitrogen functional groups attached to an aromatic ring is 1. The third-order valence-electron chi connectivity index (χ3n) is 5.21. The second-order valence-electron chi connectivity index (χ2n) is 8.24. The van der Waals surface area contributed by atoms with Crippen molar-refractivity contribution < 1.29 is 28.5 Å². The molecule has 3 aromatic heterocycles. The van der Waals surface area contributed by atoms with E-state index in [1.54, 1.807) is 18.2 Å². The Hall–Kier alpha value is -5.80. The number of allylic oxidation sites excluding steroid dienone is 1. The normalized spacial score (nSPS) is 11.7. The van der Waals surface area contributed by atoms with E-state index in [2.05, 4.69) is 40.8 Å². The molecule has 41 heavy (non-hydrogen) atoms. The predicted octanol–water partition coefficient (Wildman–Crippen LogP) is 4.33. The minimum atomic E-state index is -1.38. The van der Waals surface area contributed by atoms with Crippen molar-refractivity contribution in [2.45, 2.75) is 20.5 Å². The number of hydrogen-bond donors (Lipinski definition) is 4. The van der Waals surface area contributed by atoms with Gasteiger partial charge in [-0.15, -0.1) is 15.3 Å². The number of aryl methyl sites for hydroxylation is 1. The van der Waals surface area contributed by atoms with Gasteiger partial charge in [-0.1, -0.05) is 0 Å². The predicted molar refractivity (Wildman–Crippen MR) is 140 cm³/mol. The number of rotatable bonds is 7. The zero-order valence-corrected chi connectivity index (χ0v) is 21.5. The number of carboxylic acid groups (broad SMARTS) is 1. The van der Waals surface area contributed by atoms with E-state index in [1.807, 2.05) is 6.92 Å². The number of hydrogen-bond acceptors (Lipinski definition) is 11. The fraction of sp³-hybridized carbons (Fsp3) is 0.120. The highest BCUT2D eigenvalue weighted by Crippen LogP contribution is 2.24. The molecule has 0 amide bonds. The number of halogens is 2. The van der Waals surface area contributed by atoms with Gasteiger partial charge in [0.15, 0.2) is 11.3 Å². The molecule has 0 atom stereocenters. The Balaban J connectivity index is 0.000000210. The summed E-state index contributed by atoms with van der Waals surface area (Å²) in [4.78, 5) is 16.1. The van der Waals surface area contributed by atoms with Crippen molar-refractivity contribution in [3.05, 3.63) is 89.1 Å². The number of H-pyrrole nitrogens is 1. The Morgan fingerprint density at radius 3 is 2.34 bits per heavy atom. The summed E-state index contributed by atoms with van der Waals surface area (Å²) >= 11 is 0. The topological polar surface area (TPSA) is 203 Å². The summed E-state index contributed by atoms with van der Waals surface area (Å²) in [6, 6.07) is 12.5. The molecule has 210 valence electrons. The minimum Gasteiger partial charge on any atom is -0.510 e. The lowest BCUT2D eigenvalue weighted by Crippen LogP contribution is -2.02. The Kier molecular flexibility index (Phi) is 8.51. The molecule has 0 aliphatic heterocycles. The smallest absolute Gasteiger partial charge is 0.359 e. The second kappa shape index (κ2) is 12.4. The highest BCUT2D eigenvalue weighted by Gasteiger charge is 2.14. The summed E-state index contributed by atoms with van der Waals surface area (Å²) in [6.45, 7) is 3.17. The zero-order chi connectivity index (χ0) is 29.5. The number of aromatic amines is 1. The van der Waals surface area contributed by atoms with Gasteiger partial charge in [0, 0.05) is 6.07 Å². The number of azo groups is 1. The van der Waals surface area contributed by atoms with Gasteiger partial charge in [0.05, 0.1) is 17.1 Å². The number of ether oxygens (including phenoxy) is 1. The van der Waals surface area contributed by atoms with Crippen LogP contribution in [0.1, 0.15) is 18.3 Å². The first-order valence-electron chi connectivity index (χ1n) is 11.7. The Morgan fingerprint density at radius 2 is 1.71 bits per heavy atom. The van der Waals surface area contributed by atoms with Crippen LogP contribution in [-0.4, -0.2) is 51.6 Å². The zero-order valence-electron chi connectivity index (χ0n) is 21.5. The maximum atomic E-state index is 13.0. The molecule has 5 N–H and O–H groups in total. The molecule has 0 radical (unpaired) electrons. The van der Waals surface area contributed by atoms with Gasteiger partial charge in [-0.3, -0.25) is 0 Å². The molecule has 5 aromatic rings. The van der Waals surface area contributed by atoms with Crippen molar-refractivity contribution in [2.24, 2.45) is 10.2 Å². The molecule has 0 bridgehead atoms. The van der Waals surface area contributed by atoms with Gasteiger partial charge in [0.2, 0.25) is 11.3 Å². The van der Waals surface area contributed by atoms with Gasteiger partial charge in [-0.25, -0.2) is 18.6 Å². The molecule has 14 nitrogen and oxygen atoms in total. The van der Waals surface area contributed by atoms with Crippen LogP contribution in [0.4, 0.5) is 20.3 Å². The molecule has 0 spiro atoms. The van der Waals surface area contributed by atoms with E-state index in [1.165, 1.54) is 48.1 Å². The molecule has 0 saturated carbocycles. The van der Waals surface area contributed by atoms with Crippen molar-refractivity contribution in [3.8, 4) is 11.4 Å². The summed E-state index contributed by atoms with van der Waals surface area (Å²) in [5.41, 5.74) is 8.33. The summed E-state index contributed by atoms with van der Waals surface area (Å²) < 4.78 is 31.3. The molecule has 16 heteroatoms. The number of nitrogens with zero attached hydrogens (tertiary/aromatic N) is 8. The van der Waals surface area contributed by atoms with Gasteiger partial charge < -0.3 is 20.7 Å². The highest BCUT2D eigenvalue weighted by atomic mass is 19.1. The molecule has 0 unspecified atom stereocenters. The van der Waals surface area contributed by atoms with E-state index in [9.17, 15) is 13.6 Å². The first-order valence-corrected chi connectivity index (χ1v) is 11.7. The van der Waals surface area contributed by atoms with Crippen LogP contribution >= 0.6 is 0 Å². The van der Waals surface area contributed by atoms with E-state index < -0.39 is 23.2 Å². The van der Waals surface area contributed by atoms with Crippen LogP contribution in [0.2, 0.25) is 0 Å². The average molecular weight is 565 g/mol. The molecule has 0 saturated heterocycles. The van der Waals surface area contributed by atoms with Crippen LogP contribution in [0, 0.1) is 18.6 Å².